The first-order valence-electron chi connectivity index (χ1n) is 12.9. The number of nitrogens with two attached hydrogens (primary N) is 2. The topological polar surface area (TPSA) is 135 Å². The molecule has 206 valence electrons. The fraction of sp³-hybridized carbons (Fsp3) is 0.500. The monoisotopic (exact) mass is 514 g/mol. The van der Waals surface area contributed by atoms with Gasteiger partial charge in [-0.3, -0.25) is 4.79 Å². The number of hydrogen-bond acceptors (Lipinski definition) is 3. The van der Waals surface area contributed by atoms with E-state index >= 15 is 0 Å². The van der Waals surface area contributed by atoms with E-state index in [4.69, 9.17) is 16.2 Å². The van der Waals surface area contributed by atoms with Gasteiger partial charge in [0.25, 0.3) is 0 Å². The quantitative estimate of drug-likeness (QED) is 0.111. The molecule has 9 nitrogen and oxygen atoms in total. The summed E-state index contributed by atoms with van der Waals surface area (Å²) in [4.78, 5) is 32.2. The first-order chi connectivity index (χ1) is 17.9. The Morgan fingerprint density at radius 1 is 0.811 bits per heavy atom. The van der Waals surface area contributed by atoms with Gasteiger partial charge in [0.1, 0.15) is 0 Å². The molecule has 0 fully saturated rings. The van der Waals surface area contributed by atoms with Crippen molar-refractivity contribution in [3.05, 3.63) is 60.8 Å². The summed E-state index contributed by atoms with van der Waals surface area (Å²) in [6.45, 7) is 2.67. The summed E-state index contributed by atoms with van der Waals surface area (Å²) >= 11 is 0. The zero-order valence-electron chi connectivity index (χ0n) is 22.8. The predicted octanol–water partition coefficient (Wildman–Crippen LogP) is 4.74. The normalized spacial score (nSPS) is 13.1. The van der Waals surface area contributed by atoms with Gasteiger partial charge in [0, 0.05) is 27.1 Å². The molecular weight excluding hydrogens is 468 g/mol. The molecule has 0 aromatic carbocycles. The van der Waals surface area contributed by atoms with Gasteiger partial charge in [-0.2, -0.15) is 4.99 Å². The maximum Gasteiger partial charge on any atom is 0.436 e. The first-order valence-corrected chi connectivity index (χ1v) is 12.9. The number of aliphatic imine (C=N–C) groups is 2. The summed E-state index contributed by atoms with van der Waals surface area (Å²) in [5, 5.41) is 2.81. The van der Waals surface area contributed by atoms with Crippen LogP contribution in [-0.4, -0.2) is 56.1 Å². The van der Waals surface area contributed by atoms with Gasteiger partial charge >= 0.3 is 6.09 Å². The Labute approximate surface area is 222 Å². The highest BCUT2D eigenvalue weighted by Gasteiger charge is 2.04. The molecule has 9 heteroatoms. The Balaban J connectivity index is 3.73. The second-order valence-corrected chi connectivity index (χ2v) is 8.25. The lowest BCUT2D eigenvalue weighted by atomic mass is 10.2. The molecule has 0 heterocycles. The zero-order chi connectivity index (χ0) is 27.6. The number of rotatable bonds is 17. The molecular formula is C28H46N6O3. The van der Waals surface area contributed by atoms with Crippen molar-refractivity contribution in [2.24, 2.45) is 21.5 Å². The smallest absolute Gasteiger partial charge is 0.436 e. The molecule has 0 aliphatic carbocycles. The van der Waals surface area contributed by atoms with Crippen LogP contribution in [0, 0.1) is 0 Å². The zero-order valence-corrected chi connectivity index (χ0v) is 22.8. The SMILES string of the molecule is CC/C=C\C/C=C\C/C=C\C/C=C\C/C=C\CCCC(=O)NCCCOC(=O)N=C(N)N=C(N)N(C)C. The summed E-state index contributed by atoms with van der Waals surface area (Å²) in [6, 6.07) is 0. The molecule has 0 aromatic rings. The third-order valence-corrected chi connectivity index (χ3v) is 4.69. The van der Waals surface area contributed by atoms with E-state index in [-0.39, 0.29) is 24.4 Å². The summed E-state index contributed by atoms with van der Waals surface area (Å²) in [5.41, 5.74) is 11.1. The van der Waals surface area contributed by atoms with Crippen molar-refractivity contribution < 1.29 is 14.3 Å². The number of ether oxygens (including phenoxy) is 1. The number of nitrogens with zero attached hydrogens (tertiary/aromatic N) is 3. The maximum atomic E-state index is 11.9. The number of carbonyl (C=O) groups is 2. The molecule has 0 aromatic heterocycles. The van der Waals surface area contributed by atoms with E-state index in [0.717, 1.165) is 44.9 Å². The van der Waals surface area contributed by atoms with Gasteiger partial charge in [-0.15, -0.1) is 4.99 Å². The minimum Gasteiger partial charge on any atom is -0.448 e. The Hall–Kier alpha value is -3.62. The lowest BCUT2D eigenvalue weighted by Gasteiger charge is -2.09. The summed E-state index contributed by atoms with van der Waals surface area (Å²) in [5.74, 6) is -0.176. The molecule has 2 amide bonds. The van der Waals surface area contributed by atoms with Crippen LogP contribution in [0.3, 0.4) is 0 Å². The fourth-order valence-corrected chi connectivity index (χ4v) is 2.67. The minimum atomic E-state index is -0.851. The number of allylic oxidation sites excluding steroid dienone is 10. The number of amides is 2. The molecule has 37 heavy (non-hydrogen) atoms. The minimum absolute atomic E-state index is 0.0190. The summed E-state index contributed by atoms with van der Waals surface area (Å²) < 4.78 is 4.93. The van der Waals surface area contributed by atoms with Gasteiger partial charge in [-0.1, -0.05) is 67.7 Å². The lowest BCUT2D eigenvalue weighted by molar-refractivity contribution is -0.121. The molecule has 0 rings (SSSR count). The Kier molecular flexibility index (Phi) is 21.7. The van der Waals surface area contributed by atoms with Gasteiger partial charge < -0.3 is 26.4 Å². The number of hydrogen-bond donors (Lipinski definition) is 3. The van der Waals surface area contributed by atoms with Crippen LogP contribution in [0.5, 0.6) is 0 Å². The van der Waals surface area contributed by atoms with Gasteiger partial charge in [0.05, 0.1) is 6.61 Å². The van der Waals surface area contributed by atoms with Crippen LogP contribution in [0.15, 0.2) is 70.7 Å². The Morgan fingerprint density at radius 2 is 1.35 bits per heavy atom. The van der Waals surface area contributed by atoms with Crippen LogP contribution in [0.2, 0.25) is 0 Å². The third kappa shape index (κ3) is 23.9. The van der Waals surface area contributed by atoms with Crippen molar-refractivity contribution >= 4 is 23.9 Å². The molecule has 0 bridgehead atoms. The molecule has 0 saturated carbocycles. The van der Waals surface area contributed by atoms with E-state index in [0.29, 0.717) is 19.4 Å². The molecule has 0 aliphatic heterocycles. The predicted molar refractivity (Wildman–Crippen MR) is 154 cm³/mol. The molecule has 0 unspecified atom stereocenters. The van der Waals surface area contributed by atoms with Crippen LogP contribution in [0.1, 0.15) is 64.7 Å². The van der Waals surface area contributed by atoms with Crippen molar-refractivity contribution in [3.8, 4) is 0 Å². The number of unbranched alkanes of at least 4 members (excludes halogenated alkanes) is 1. The van der Waals surface area contributed by atoms with Crippen LogP contribution < -0.4 is 16.8 Å². The highest BCUT2D eigenvalue weighted by molar-refractivity contribution is 5.97. The second kappa shape index (κ2) is 24.1. The van der Waals surface area contributed by atoms with Crippen molar-refractivity contribution in [1.82, 2.24) is 10.2 Å². The standard InChI is InChI=1S/C28H46N6O3/c1-4-5-6-7-8-9-10-11-12-13-14-15-16-17-18-19-20-22-25(35)31-23-21-24-37-28(36)33-26(29)32-27(30)34(2)3/h5-6,8-9,11-12,14-15,17-18H,4,7,10,13,16,19-24H2,1-3H3,(H,31,35)(H4,29,30,32,33,36)/b6-5-,9-8-,12-11-,15-14-,18-17-. The summed E-state index contributed by atoms with van der Waals surface area (Å²) in [6.07, 6.45) is 28.3. The molecule has 0 spiro atoms. The Bertz CT molecular complexity index is 839. The molecule has 0 atom stereocenters. The van der Waals surface area contributed by atoms with Crippen molar-refractivity contribution in [1.29, 1.82) is 0 Å². The molecule has 5 N–H and O–H groups in total. The molecule has 0 saturated heterocycles. The van der Waals surface area contributed by atoms with Crippen molar-refractivity contribution in [2.75, 3.05) is 27.2 Å². The Morgan fingerprint density at radius 3 is 1.89 bits per heavy atom. The summed E-state index contributed by atoms with van der Waals surface area (Å²) in [7, 11) is 3.37. The van der Waals surface area contributed by atoms with E-state index in [1.807, 2.05) is 0 Å². The highest BCUT2D eigenvalue weighted by atomic mass is 16.5. The van der Waals surface area contributed by atoms with Gasteiger partial charge in [-0.05, 0) is 51.4 Å². The van der Waals surface area contributed by atoms with Gasteiger partial charge in [0.2, 0.25) is 11.9 Å². The molecule has 0 aliphatic rings. The first kappa shape index (κ1) is 33.4. The van der Waals surface area contributed by atoms with E-state index in [1.54, 1.807) is 14.1 Å². The maximum absolute atomic E-state index is 11.9. The van der Waals surface area contributed by atoms with Gasteiger partial charge in [-0.25, -0.2) is 4.79 Å². The van der Waals surface area contributed by atoms with Crippen LogP contribution in [-0.2, 0) is 9.53 Å². The van der Waals surface area contributed by atoms with Crippen molar-refractivity contribution in [2.45, 2.75) is 64.7 Å². The van der Waals surface area contributed by atoms with Crippen LogP contribution in [0.25, 0.3) is 0 Å². The average molecular weight is 515 g/mol. The number of guanidine groups is 2. The van der Waals surface area contributed by atoms with E-state index in [9.17, 15) is 9.59 Å². The highest BCUT2D eigenvalue weighted by Crippen LogP contribution is 2.00. The van der Waals surface area contributed by atoms with Crippen LogP contribution in [0.4, 0.5) is 4.79 Å². The average Bonchev–Trinajstić information content (AvgIpc) is 2.85. The van der Waals surface area contributed by atoms with E-state index in [1.165, 1.54) is 4.90 Å². The largest absolute Gasteiger partial charge is 0.448 e. The lowest BCUT2D eigenvalue weighted by Crippen LogP contribution is -2.32. The number of carbonyl (C=O) groups excluding carboxylic acids is 2. The van der Waals surface area contributed by atoms with Crippen LogP contribution >= 0.6 is 0 Å². The van der Waals surface area contributed by atoms with Crippen molar-refractivity contribution in [3.63, 3.8) is 0 Å². The fourth-order valence-electron chi connectivity index (χ4n) is 2.67. The third-order valence-electron chi connectivity index (χ3n) is 4.69. The molecule has 0 radical (unpaired) electrons. The van der Waals surface area contributed by atoms with E-state index < -0.39 is 6.09 Å². The second-order valence-electron chi connectivity index (χ2n) is 8.25. The van der Waals surface area contributed by atoms with E-state index in [2.05, 4.69) is 83.0 Å². The van der Waals surface area contributed by atoms with Gasteiger partial charge in [0.15, 0.2) is 5.96 Å². The number of nitrogens with one attached hydrogen (secondary N) is 1.